The number of halogens is 1. The highest BCUT2D eigenvalue weighted by atomic mass is 19.1. The van der Waals surface area contributed by atoms with E-state index < -0.39 is 0 Å². The van der Waals surface area contributed by atoms with E-state index in [2.05, 4.69) is 41.4 Å². The smallest absolute Gasteiger partial charge is 0.224 e. The van der Waals surface area contributed by atoms with Gasteiger partial charge in [0.1, 0.15) is 5.82 Å². The molecule has 0 bridgehead atoms. The van der Waals surface area contributed by atoms with Gasteiger partial charge in [0.2, 0.25) is 5.91 Å². The highest BCUT2D eigenvalue weighted by molar-refractivity contribution is 5.78. The first-order chi connectivity index (χ1) is 11.5. The standard InChI is InChI=1S/C20H25FN2O/c1-4-15-5-9-17(10-6-15)19(23(2)3)14-22-20(24)13-16-7-11-18(21)12-8-16/h5-12,19H,4,13-14H2,1-3H3,(H,22,24). The van der Waals surface area contributed by atoms with E-state index in [0.717, 1.165) is 12.0 Å². The van der Waals surface area contributed by atoms with Gasteiger partial charge in [-0.05, 0) is 49.3 Å². The molecule has 2 aromatic carbocycles. The molecule has 0 aliphatic heterocycles. The van der Waals surface area contributed by atoms with Crippen molar-refractivity contribution in [2.45, 2.75) is 25.8 Å². The lowest BCUT2D eigenvalue weighted by atomic mass is 10.0. The van der Waals surface area contributed by atoms with Crippen molar-refractivity contribution in [3.63, 3.8) is 0 Å². The van der Waals surface area contributed by atoms with Crippen molar-refractivity contribution >= 4 is 5.91 Å². The molecule has 0 saturated heterocycles. The number of carbonyl (C=O) groups excluding carboxylic acids is 1. The average Bonchev–Trinajstić information content (AvgIpc) is 2.57. The maximum Gasteiger partial charge on any atom is 0.224 e. The summed E-state index contributed by atoms with van der Waals surface area (Å²) in [7, 11) is 4.01. The van der Waals surface area contributed by atoms with E-state index in [1.165, 1.54) is 23.3 Å². The number of hydrogen-bond donors (Lipinski definition) is 1. The summed E-state index contributed by atoms with van der Waals surface area (Å²) >= 11 is 0. The van der Waals surface area contributed by atoms with Gasteiger partial charge in [0.25, 0.3) is 0 Å². The van der Waals surface area contributed by atoms with Crippen LogP contribution in [-0.2, 0) is 17.6 Å². The van der Waals surface area contributed by atoms with Gasteiger partial charge in [-0.2, -0.15) is 0 Å². The third-order valence-electron chi connectivity index (χ3n) is 4.17. The molecule has 1 atom stereocenters. The molecule has 1 N–H and O–H groups in total. The highest BCUT2D eigenvalue weighted by Crippen LogP contribution is 2.18. The summed E-state index contributed by atoms with van der Waals surface area (Å²) in [4.78, 5) is 14.2. The SMILES string of the molecule is CCc1ccc(C(CNC(=O)Cc2ccc(F)cc2)N(C)C)cc1. The van der Waals surface area contributed by atoms with Crippen LogP contribution in [0.4, 0.5) is 4.39 Å². The molecule has 24 heavy (non-hydrogen) atoms. The first-order valence-electron chi connectivity index (χ1n) is 8.26. The summed E-state index contributed by atoms with van der Waals surface area (Å²) in [5, 5.41) is 2.98. The van der Waals surface area contributed by atoms with Gasteiger partial charge < -0.3 is 10.2 Å². The molecular formula is C20H25FN2O. The number of rotatable bonds is 7. The van der Waals surface area contributed by atoms with Crippen LogP contribution in [0.1, 0.15) is 29.7 Å². The van der Waals surface area contributed by atoms with Crippen LogP contribution < -0.4 is 5.32 Å². The number of hydrogen-bond acceptors (Lipinski definition) is 2. The molecule has 0 radical (unpaired) electrons. The van der Waals surface area contributed by atoms with Gasteiger partial charge in [-0.1, -0.05) is 43.3 Å². The van der Waals surface area contributed by atoms with E-state index >= 15 is 0 Å². The van der Waals surface area contributed by atoms with Gasteiger partial charge in [0, 0.05) is 6.54 Å². The first kappa shape index (κ1) is 18.1. The molecule has 2 aromatic rings. The molecule has 2 rings (SSSR count). The fraction of sp³-hybridized carbons (Fsp3) is 0.350. The van der Waals surface area contributed by atoms with Crippen LogP contribution in [0.25, 0.3) is 0 Å². The zero-order valence-electron chi connectivity index (χ0n) is 14.6. The summed E-state index contributed by atoms with van der Waals surface area (Å²) in [5.74, 6) is -0.346. The Labute approximate surface area is 143 Å². The Balaban J connectivity index is 1.95. The molecule has 0 aliphatic carbocycles. The molecule has 128 valence electrons. The van der Waals surface area contributed by atoms with Crippen molar-refractivity contribution in [2.24, 2.45) is 0 Å². The van der Waals surface area contributed by atoms with Crippen LogP contribution in [-0.4, -0.2) is 31.4 Å². The summed E-state index contributed by atoms with van der Waals surface area (Å²) in [6.07, 6.45) is 1.27. The molecule has 0 aromatic heterocycles. The fourth-order valence-corrected chi connectivity index (χ4v) is 2.63. The second-order valence-corrected chi connectivity index (χ2v) is 6.18. The minimum absolute atomic E-state index is 0.0568. The predicted octanol–water partition coefficient (Wildman–Crippen LogP) is 3.35. The Hall–Kier alpha value is -2.20. The number of amides is 1. The van der Waals surface area contributed by atoms with Crippen molar-refractivity contribution in [2.75, 3.05) is 20.6 Å². The van der Waals surface area contributed by atoms with E-state index in [4.69, 9.17) is 0 Å². The van der Waals surface area contributed by atoms with Gasteiger partial charge in [-0.15, -0.1) is 0 Å². The van der Waals surface area contributed by atoms with Crippen molar-refractivity contribution in [3.8, 4) is 0 Å². The second-order valence-electron chi connectivity index (χ2n) is 6.18. The van der Waals surface area contributed by atoms with Gasteiger partial charge >= 0.3 is 0 Å². The second kappa shape index (κ2) is 8.60. The summed E-state index contributed by atoms with van der Waals surface area (Å²) < 4.78 is 12.9. The topological polar surface area (TPSA) is 32.3 Å². The van der Waals surface area contributed by atoms with E-state index in [1.807, 2.05) is 14.1 Å². The molecule has 0 aliphatic rings. The number of benzene rings is 2. The van der Waals surface area contributed by atoms with Crippen LogP contribution in [0, 0.1) is 5.82 Å². The Kier molecular flexibility index (Phi) is 6.50. The Morgan fingerprint density at radius 3 is 2.17 bits per heavy atom. The third kappa shape index (κ3) is 5.17. The normalized spacial score (nSPS) is 12.2. The van der Waals surface area contributed by atoms with Crippen LogP contribution in [0.3, 0.4) is 0 Å². The summed E-state index contributed by atoms with van der Waals surface area (Å²) in [5.41, 5.74) is 3.29. The molecule has 3 nitrogen and oxygen atoms in total. The summed E-state index contributed by atoms with van der Waals surface area (Å²) in [6, 6.07) is 14.7. The number of nitrogens with zero attached hydrogens (tertiary/aromatic N) is 1. The zero-order valence-corrected chi connectivity index (χ0v) is 14.6. The fourth-order valence-electron chi connectivity index (χ4n) is 2.63. The van der Waals surface area contributed by atoms with Gasteiger partial charge in [0.05, 0.1) is 12.5 Å². The van der Waals surface area contributed by atoms with Crippen LogP contribution in [0.2, 0.25) is 0 Å². The van der Waals surface area contributed by atoms with Crippen molar-refractivity contribution in [3.05, 3.63) is 71.0 Å². The Morgan fingerprint density at radius 2 is 1.62 bits per heavy atom. The third-order valence-corrected chi connectivity index (χ3v) is 4.17. The van der Waals surface area contributed by atoms with Crippen molar-refractivity contribution in [1.82, 2.24) is 10.2 Å². The molecule has 1 unspecified atom stereocenters. The molecule has 4 heteroatoms. The number of nitrogens with one attached hydrogen (secondary N) is 1. The van der Waals surface area contributed by atoms with E-state index in [0.29, 0.717) is 6.54 Å². The van der Waals surface area contributed by atoms with Crippen molar-refractivity contribution < 1.29 is 9.18 Å². The number of carbonyl (C=O) groups is 1. The van der Waals surface area contributed by atoms with Crippen LogP contribution in [0.5, 0.6) is 0 Å². The summed E-state index contributed by atoms with van der Waals surface area (Å²) in [6.45, 7) is 2.67. The highest BCUT2D eigenvalue weighted by Gasteiger charge is 2.15. The number of aryl methyl sites for hydroxylation is 1. The Morgan fingerprint density at radius 1 is 1.04 bits per heavy atom. The first-order valence-corrected chi connectivity index (χ1v) is 8.26. The Bertz CT molecular complexity index is 650. The predicted molar refractivity (Wildman–Crippen MR) is 95.4 cm³/mol. The van der Waals surface area contributed by atoms with Crippen molar-refractivity contribution in [1.29, 1.82) is 0 Å². The van der Waals surface area contributed by atoms with Gasteiger partial charge in [-0.3, -0.25) is 4.79 Å². The van der Waals surface area contributed by atoms with Crippen LogP contribution in [0.15, 0.2) is 48.5 Å². The zero-order chi connectivity index (χ0) is 17.5. The van der Waals surface area contributed by atoms with E-state index in [1.54, 1.807) is 12.1 Å². The van der Waals surface area contributed by atoms with Gasteiger partial charge in [0.15, 0.2) is 0 Å². The number of likely N-dealkylation sites (N-methyl/N-ethyl adjacent to an activating group) is 1. The quantitative estimate of drug-likeness (QED) is 0.845. The molecule has 0 fully saturated rings. The largest absolute Gasteiger partial charge is 0.354 e. The minimum atomic E-state index is -0.289. The monoisotopic (exact) mass is 328 g/mol. The molecule has 0 spiro atoms. The lowest BCUT2D eigenvalue weighted by Gasteiger charge is -2.25. The van der Waals surface area contributed by atoms with Gasteiger partial charge in [-0.25, -0.2) is 4.39 Å². The van der Waals surface area contributed by atoms with E-state index in [-0.39, 0.29) is 24.2 Å². The lowest BCUT2D eigenvalue weighted by Crippen LogP contribution is -2.35. The van der Waals surface area contributed by atoms with E-state index in [9.17, 15) is 9.18 Å². The molecular weight excluding hydrogens is 303 g/mol. The maximum atomic E-state index is 12.9. The minimum Gasteiger partial charge on any atom is -0.354 e. The lowest BCUT2D eigenvalue weighted by molar-refractivity contribution is -0.120. The molecule has 0 heterocycles. The molecule has 0 saturated carbocycles. The average molecular weight is 328 g/mol. The van der Waals surface area contributed by atoms with Crippen LogP contribution >= 0.6 is 0 Å². The molecule has 1 amide bonds. The maximum absolute atomic E-state index is 12.9.